The van der Waals surface area contributed by atoms with Gasteiger partial charge in [0.25, 0.3) is 5.91 Å². The number of rotatable bonds is 4. The number of amides is 1. The van der Waals surface area contributed by atoms with Gasteiger partial charge in [0.15, 0.2) is 5.13 Å². The Morgan fingerprint density at radius 1 is 1.34 bits per heavy atom. The lowest BCUT2D eigenvalue weighted by molar-refractivity contribution is -0.115. The van der Waals surface area contributed by atoms with Crippen LogP contribution < -0.4 is 21.1 Å². The van der Waals surface area contributed by atoms with Crippen LogP contribution in [0.25, 0.3) is 6.08 Å². The molecular formula is C20H24N6O2S. The third-order valence-corrected chi connectivity index (χ3v) is 5.70. The number of benzene rings is 1. The van der Waals surface area contributed by atoms with Crippen molar-refractivity contribution in [3.05, 3.63) is 40.5 Å². The summed E-state index contributed by atoms with van der Waals surface area (Å²) in [7, 11) is 2.14. The molecule has 0 bridgehead atoms. The first-order valence-electron chi connectivity index (χ1n) is 9.52. The van der Waals surface area contributed by atoms with Gasteiger partial charge in [0, 0.05) is 19.3 Å². The van der Waals surface area contributed by atoms with Crippen molar-refractivity contribution in [2.45, 2.75) is 25.9 Å². The average Bonchev–Trinajstić information content (AvgIpc) is 3.25. The summed E-state index contributed by atoms with van der Waals surface area (Å²) >= 11 is 1.31. The topological polar surface area (TPSA) is 105 Å². The minimum Gasteiger partial charge on any atom is -0.490 e. The maximum Gasteiger partial charge on any atom is 0.274 e. The van der Waals surface area contributed by atoms with Crippen molar-refractivity contribution >= 4 is 40.1 Å². The Hall–Kier alpha value is -2.91. The number of aromatic nitrogens is 1. The maximum atomic E-state index is 12.2. The lowest BCUT2D eigenvalue weighted by atomic mass is 10.1. The first-order chi connectivity index (χ1) is 14.0. The summed E-state index contributed by atoms with van der Waals surface area (Å²) in [5.74, 6) is 1.01. The summed E-state index contributed by atoms with van der Waals surface area (Å²) in [6, 6.07) is 5.83. The van der Waals surface area contributed by atoms with Crippen LogP contribution in [0.1, 0.15) is 23.3 Å². The minimum absolute atomic E-state index is 0.240. The van der Waals surface area contributed by atoms with E-state index in [4.69, 9.17) is 10.5 Å². The average molecular weight is 413 g/mol. The predicted molar refractivity (Wildman–Crippen MR) is 115 cm³/mol. The quantitative estimate of drug-likeness (QED) is 0.666. The van der Waals surface area contributed by atoms with Crippen LogP contribution in [-0.2, 0) is 4.79 Å². The van der Waals surface area contributed by atoms with Gasteiger partial charge < -0.3 is 20.7 Å². The highest BCUT2D eigenvalue weighted by Gasteiger charge is 2.22. The molecule has 9 heteroatoms. The van der Waals surface area contributed by atoms with Crippen LogP contribution in [0.5, 0.6) is 5.75 Å². The van der Waals surface area contributed by atoms with Gasteiger partial charge in [-0.3, -0.25) is 10.1 Å². The number of likely N-dealkylation sites (tertiary alicyclic amines) is 1. The Kier molecular flexibility index (Phi) is 5.50. The Morgan fingerprint density at radius 3 is 2.83 bits per heavy atom. The summed E-state index contributed by atoms with van der Waals surface area (Å²) in [6.07, 6.45) is 5.67. The van der Waals surface area contributed by atoms with Crippen molar-refractivity contribution in [3.8, 4) is 5.75 Å². The van der Waals surface area contributed by atoms with Crippen LogP contribution in [0, 0.1) is 6.92 Å². The van der Waals surface area contributed by atoms with E-state index in [1.54, 1.807) is 12.3 Å². The summed E-state index contributed by atoms with van der Waals surface area (Å²) in [4.78, 5) is 23.8. The fraction of sp³-hybridized carbons (Fsp3) is 0.350. The molecule has 0 atom stereocenters. The van der Waals surface area contributed by atoms with Gasteiger partial charge in [0.05, 0.1) is 10.6 Å². The molecule has 0 radical (unpaired) electrons. The molecule has 2 aliphatic rings. The lowest BCUT2D eigenvalue weighted by Crippen LogP contribution is -2.35. The molecule has 4 rings (SSSR count). The highest BCUT2D eigenvalue weighted by molar-refractivity contribution is 7.16. The third kappa shape index (κ3) is 4.75. The van der Waals surface area contributed by atoms with E-state index in [9.17, 15) is 4.79 Å². The third-order valence-electron chi connectivity index (χ3n) is 4.93. The maximum absolute atomic E-state index is 12.2. The number of hydrogen-bond donors (Lipinski definition) is 3. The number of thiazole rings is 1. The van der Waals surface area contributed by atoms with E-state index in [1.165, 1.54) is 11.3 Å². The number of anilines is 1. The monoisotopic (exact) mass is 412 g/mol. The largest absolute Gasteiger partial charge is 0.490 e. The zero-order valence-corrected chi connectivity index (χ0v) is 17.3. The molecule has 1 aromatic heterocycles. The fourth-order valence-corrected chi connectivity index (χ4v) is 3.93. The first-order valence-corrected chi connectivity index (χ1v) is 10.3. The second-order valence-electron chi connectivity index (χ2n) is 7.27. The van der Waals surface area contributed by atoms with Crippen molar-refractivity contribution in [1.29, 1.82) is 0 Å². The van der Waals surface area contributed by atoms with Crippen molar-refractivity contribution in [3.63, 3.8) is 0 Å². The van der Waals surface area contributed by atoms with Gasteiger partial charge in [-0.1, -0.05) is 11.3 Å². The summed E-state index contributed by atoms with van der Waals surface area (Å²) < 4.78 is 6.13. The van der Waals surface area contributed by atoms with Gasteiger partial charge >= 0.3 is 0 Å². The molecule has 2 fully saturated rings. The standard InChI is InChI=1S/C20H24N6O2S/c1-12-9-14(28-13-5-7-26(2)8-6-13)3-4-16(12)23-20-24-17(18(27)25-20)10-15-11-22-19(21)29-15/h3-4,9-11,13H,5-8H2,1-2H3,(H2,21,22)(H2,23,24,25,27)/b17-10-. The molecule has 4 N–H and O–H groups in total. The molecule has 3 heterocycles. The number of guanidine groups is 1. The Bertz CT molecular complexity index is 975. The van der Waals surface area contributed by atoms with E-state index in [0.29, 0.717) is 16.8 Å². The highest BCUT2D eigenvalue weighted by atomic mass is 32.1. The van der Waals surface area contributed by atoms with Gasteiger partial charge in [-0.2, -0.15) is 0 Å². The van der Waals surface area contributed by atoms with E-state index < -0.39 is 0 Å². The lowest BCUT2D eigenvalue weighted by Gasteiger charge is -2.29. The van der Waals surface area contributed by atoms with Crippen LogP contribution in [0.2, 0.25) is 0 Å². The van der Waals surface area contributed by atoms with E-state index in [-0.39, 0.29) is 12.0 Å². The first kappa shape index (κ1) is 19.4. The predicted octanol–water partition coefficient (Wildman–Crippen LogP) is 2.25. The number of ether oxygens (including phenoxy) is 1. The van der Waals surface area contributed by atoms with Crippen molar-refractivity contribution in [2.24, 2.45) is 4.99 Å². The zero-order valence-electron chi connectivity index (χ0n) is 16.4. The molecular weight excluding hydrogens is 388 g/mol. The number of aliphatic imine (C=N–C) groups is 1. The van der Waals surface area contributed by atoms with Gasteiger partial charge in [0.2, 0.25) is 5.96 Å². The number of nitrogen functional groups attached to an aromatic ring is 1. The smallest absolute Gasteiger partial charge is 0.274 e. The van der Waals surface area contributed by atoms with Crippen molar-refractivity contribution < 1.29 is 9.53 Å². The molecule has 0 unspecified atom stereocenters. The number of nitrogens with zero attached hydrogens (tertiary/aromatic N) is 3. The van der Waals surface area contributed by atoms with Crippen LogP contribution in [0.3, 0.4) is 0 Å². The Labute approximate surface area is 173 Å². The second kappa shape index (κ2) is 8.22. The van der Waals surface area contributed by atoms with Gasteiger partial charge in [0.1, 0.15) is 17.6 Å². The van der Waals surface area contributed by atoms with E-state index in [1.807, 2.05) is 25.1 Å². The highest BCUT2D eigenvalue weighted by Crippen LogP contribution is 2.26. The Morgan fingerprint density at radius 2 is 2.14 bits per heavy atom. The molecule has 2 saturated heterocycles. The molecule has 1 amide bonds. The van der Waals surface area contributed by atoms with Crippen LogP contribution >= 0.6 is 11.3 Å². The number of piperidine rings is 1. The number of nitrogens with two attached hydrogens (primary N) is 1. The van der Waals surface area contributed by atoms with Crippen LogP contribution in [-0.4, -0.2) is 48.0 Å². The number of nitrogens with one attached hydrogen (secondary N) is 2. The van der Waals surface area contributed by atoms with Crippen molar-refractivity contribution in [2.75, 3.05) is 25.9 Å². The Balaban J connectivity index is 1.44. The molecule has 152 valence electrons. The van der Waals surface area contributed by atoms with E-state index >= 15 is 0 Å². The number of aryl methyl sites for hydroxylation is 1. The van der Waals surface area contributed by atoms with Crippen LogP contribution in [0.4, 0.5) is 10.8 Å². The molecule has 29 heavy (non-hydrogen) atoms. The number of carbonyl (C=O) groups is 1. The molecule has 2 aliphatic heterocycles. The zero-order chi connectivity index (χ0) is 20.4. The summed E-state index contributed by atoms with van der Waals surface area (Å²) in [5, 5.41) is 6.21. The van der Waals surface area contributed by atoms with Gasteiger partial charge in [-0.25, -0.2) is 9.98 Å². The molecule has 0 spiro atoms. The normalized spacial score (nSPS) is 20.8. The molecule has 2 aromatic rings. The molecule has 8 nitrogen and oxygen atoms in total. The second-order valence-corrected chi connectivity index (χ2v) is 8.36. The SMILES string of the molecule is Cc1cc(OC2CCN(C)CC2)ccc1N=C1NC(=O)/C(=C/c2cnc(N)s2)N1. The number of carbonyl (C=O) groups excluding carboxylic acids is 1. The van der Waals surface area contributed by atoms with Gasteiger partial charge in [-0.05, 0) is 56.7 Å². The minimum atomic E-state index is -0.240. The summed E-state index contributed by atoms with van der Waals surface area (Å²) in [6.45, 7) is 4.10. The van der Waals surface area contributed by atoms with Crippen LogP contribution in [0.15, 0.2) is 35.1 Å². The van der Waals surface area contributed by atoms with E-state index in [2.05, 4.69) is 32.6 Å². The molecule has 1 aromatic carbocycles. The van der Waals surface area contributed by atoms with E-state index in [0.717, 1.165) is 47.8 Å². The molecule has 0 aliphatic carbocycles. The van der Waals surface area contributed by atoms with Gasteiger partial charge in [-0.15, -0.1) is 0 Å². The fourth-order valence-electron chi connectivity index (χ4n) is 3.30. The number of hydrogen-bond acceptors (Lipinski definition) is 7. The van der Waals surface area contributed by atoms with Crippen molar-refractivity contribution in [1.82, 2.24) is 20.5 Å². The molecule has 0 saturated carbocycles. The summed E-state index contributed by atoms with van der Waals surface area (Å²) in [5.41, 5.74) is 7.79.